The molecular weight excluding hydrogens is 1040 g/mol. The van der Waals surface area contributed by atoms with E-state index in [-0.39, 0.29) is 36.2 Å². The van der Waals surface area contributed by atoms with Crippen molar-refractivity contribution in [2.24, 2.45) is 4.99 Å². The van der Waals surface area contributed by atoms with Crippen LogP contribution in [0.2, 0.25) is 10.0 Å². The second-order valence-corrected chi connectivity index (χ2v) is 22.6. The number of urea groups is 1. The standard InChI is InChI=1S/C63H67Cl2FN8O5/c1-7-79-57-37-49(61(2,3)4)15-20-54(57)59-69-62(5,47-11-16-50(64)17-12-47)63(6,48-13-18-51(65)19-14-48)74(59)60(76)72-28-26-70(27-29-72)30-32-78-34-33-77-31-24-58(75)73-42-46(39-68-73)45-36-55-53(21-22-56(55)67-38-45)44-23-25-71(41-44)40-43-9-8-10-52(66)35-43/h8-21,23,25,35-39,41-42H,7,22,24,26-34,40H2,1-6H3/t62-,63+/m1/s1. The molecule has 1 fully saturated rings. The molecule has 0 spiro atoms. The fourth-order valence-corrected chi connectivity index (χ4v) is 11.1. The summed E-state index contributed by atoms with van der Waals surface area (Å²) in [5, 5.41) is 5.58. The van der Waals surface area contributed by atoms with Crippen LogP contribution in [0.15, 0.2) is 145 Å². The van der Waals surface area contributed by atoms with Crippen LogP contribution in [0.1, 0.15) is 97.4 Å². The van der Waals surface area contributed by atoms with Crippen molar-refractivity contribution in [2.75, 3.05) is 65.8 Å². The topological polar surface area (TPSA) is 120 Å². The highest BCUT2D eigenvalue weighted by Gasteiger charge is 2.60. The Hall–Kier alpha value is -6.94. The Kier molecular flexibility index (Phi) is 16.4. The summed E-state index contributed by atoms with van der Waals surface area (Å²) >= 11 is 13.0. The summed E-state index contributed by atoms with van der Waals surface area (Å²) in [6.07, 6.45) is 12.4. The third kappa shape index (κ3) is 11.7. The molecular formula is C63H67Cl2FN8O5. The molecule has 410 valence electrons. The molecule has 0 radical (unpaired) electrons. The molecule has 2 aliphatic heterocycles. The first-order chi connectivity index (χ1) is 38.0. The highest BCUT2D eigenvalue weighted by atomic mass is 35.5. The first-order valence-corrected chi connectivity index (χ1v) is 27.8. The zero-order chi connectivity index (χ0) is 55.5. The summed E-state index contributed by atoms with van der Waals surface area (Å²) in [5.41, 5.74) is 8.25. The number of hydrogen-bond donors (Lipinski definition) is 0. The lowest BCUT2D eigenvalue weighted by Gasteiger charge is -2.47. The van der Waals surface area contributed by atoms with E-state index in [4.69, 9.17) is 47.4 Å². The molecule has 2 amide bonds. The SMILES string of the molecule is CCOc1cc(C(C)(C)C)ccc1C1=N[C@](C)(c2ccc(Cl)cc2)[C@](C)(c2ccc(Cl)cc2)N1C(=O)N1CCN(CCOCCOCCC(=O)n2cc(-c3cnc4c(c3)C(c3ccn(Cc5cccc(F)c5)c3)=CC4)cn2)CC1. The van der Waals surface area contributed by atoms with E-state index in [1.54, 1.807) is 24.5 Å². The lowest BCUT2D eigenvalue weighted by Crippen LogP contribution is -2.60. The van der Waals surface area contributed by atoms with Crippen LogP contribution in [0, 0.1) is 5.82 Å². The summed E-state index contributed by atoms with van der Waals surface area (Å²) in [6, 6.07) is 32.3. The highest BCUT2D eigenvalue weighted by Crippen LogP contribution is 2.54. The number of aliphatic imine (C=N–C) groups is 1. The van der Waals surface area contributed by atoms with Crippen LogP contribution in [0.3, 0.4) is 0 Å². The smallest absolute Gasteiger partial charge is 0.326 e. The number of amidine groups is 1. The molecule has 0 unspecified atom stereocenters. The Labute approximate surface area is 472 Å². The number of pyridine rings is 1. The summed E-state index contributed by atoms with van der Waals surface area (Å²) in [4.78, 5) is 45.1. The number of amides is 2. The van der Waals surface area contributed by atoms with E-state index in [0.29, 0.717) is 87.3 Å². The van der Waals surface area contributed by atoms with Crippen molar-refractivity contribution in [3.63, 3.8) is 0 Å². The van der Waals surface area contributed by atoms with E-state index in [2.05, 4.69) is 81.2 Å². The molecule has 0 saturated carbocycles. The van der Waals surface area contributed by atoms with Crippen molar-refractivity contribution >= 4 is 46.5 Å². The Morgan fingerprint density at radius 2 is 1.48 bits per heavy atom. The predicted octanol–water partition coefficient (Wildman–Crippen LogP) is 12.3. The molecule has 2 atom stereocenters. The van der Waals surface area contributed by atoms with E-state index < -0.39 is 11.1 Å². The van der Waals surface area contributed by atoms with Crippen molar-refractivity contribution in [3.05, 3.63) is 201 Å². The predicted molar refractivity (Wildman–Crippen MR) is 309 cm³/mol. The van der Waals surface area contributed by atoms with Crippen molar-refractivity contribution in [3.8, 4) is 16.9 Å². The highest BCUT2D eigenvalue weighted by molar-refractivity contribution is 6.30. The number of ether oxygens (including phenoxy) is 3. The number of fused-ring (bicyclic) bond motifs is 1. The van der Waals surface area contributed by atoms with Gasteiger partial charge in [0.1, 0.15) is 28.5 Å². The average molecular weight is 1110 g/mol. The maximum Gasteiger partial charge on any atom is 0.326 e. The normalized spacial score (nSPS) is 18.4. The van der Waals surface area contributed by atoms with Gasteiger partial charge in [-0.05, 0) is 120 Å². The van der Waals surface area contributed by atoms with Gasteiger partial charge in [-0.3, -0.25) is 24.6 Å². The Morgan fingerprint density at radius 1 is 0.759 bits per heavy atom. The van der Waals surface area contributed by atoms with Crippen LogP contribution in [-0.4, -0.2) is 118 Å². The second-order valence-electron chi connectivity index (χ2n) is 21.7. The monoisotopic (exact) mass is 1100 g/mol. The van der Waals surface area contributed by atoms with E-state index in [1.165, 1.54) is 10.7 Å². The zero-order valence-corrected chi connectivity index (χ0v) is 47.2. The molecule has 3 aliphatic rings. The van der Waals surface area contributed by atoms with Gasteiger partial charge >= 0.3 is 6.03 Å². The van der Waals surface area contributed by atoms with Gasteiger partial charge in [0.2, 0.25) is 5.91 Å². The number of carbonyl (C=O) groups excluding carboxylic acids is 2. The number of nitrogens with zero attached hydrogens (tertiary/aromatic N) is 8. The van der Waals surface area contributed by atoms with Gasteiger partial charge in [0.05, 0.1) is 56.9 Å². The van der Waals surface area contributed by atoms with Crippen LogP contribution in [0.4, 0.5) is 9.18 Å². The fraction of sp³-hybridized carbons (Fsp3) is 0.349. The molecule has 7 aromatic rings. The van der Waals surface area contributed by atoms with Crippen LogP contribution in [0.25, 0.3) is 16.7 Å². The van der Waals surface area contributed by atoms with Gasteiger partial charge < -0.3 is 23.7 Å². The fourth-order valence-electron chi connectivity index (χ4n) is 10.9. The Bertz CT molecular complexity index is 3400. The number of allylic oxidation sites excluding steroid dienone is 1. The maximum absolute atomic E-state index is 15.5. The first-order valence-electron chi connectivity index (χ1n) is 27.1. The number of halogens is 3. The van der Waals surface area contributed by atoms with Gasteiger partial charge in [0, 0.05) is 97.2 Å². The van der Waals surface area contributed by atoms with Gasteiger partial charge in [-0.1, -0.05) is 92.5 Å². The molecule has 16 heteroatoms. The molecule has 10 rings (SSSR count). The minimum atomic E-state index is -1.02. The molecule has 0 bridgehead atoms. The van der Waals surface area contributed by atoms with Crippen molar-refractivity contribution < 1.29 is 28.2 Å². The van der Waals surface area contributed by atoms with Gasteiger partial charge in [-0.25, -0.2) is 13.9 Å². The zero-order valence-electron chi connectivity index (χ0n) is 45.7. The number of piperazine rings is 1. The quantitative estimate of drug-likeness (QED) is 0.0780. The molecule has 0 N–H and O–H groups in total. The molecule has 4 aromatic carbocycles. The van der Waals surface area contributed by atoms with Gasteiger partial charge in [0.15, 0.2) is 0 Å². The number of rotatable bonds is 18. The van der Waals surface area contributed by atoms with Crippen LogP contribution in [-0.2, 0) is 38.9 Å². The molecule has 3 aromatic heterocycles. The van der Waals surface area contributed by atoms with Crippen LogP contribution in [0.5, 0.6) is 5.75 Å². The van der Waals surface area contributed by atoms with E-state index in [9.17, 15) is 9.18 Å². The van der Waals surface area contributed by atoms with E-state index in [0.717, 1.165) is 67.8 Å². The number of carbonyl (C=O) groups is 2. The Morgan fingerprint density at radius 3 is 2.19 bits per heavy atom. The summed E-state index contributed by atoms with van der Waals surface area (Å²) < 4.78 is 35.4. The van der Waals surface area contributed by atoms with Gasteiger partial charge in [0.25, 0.3) is 0 Å². The van der Waals surface area contributed by atoms with Crippen molar-refractivity contribution in [1.29, 1.82) is 0 Å². The van der Waals surface area contributed by atoms with Gasteiger partial charge in [-0.2, -0.15) is 5.10 Å². The Balaban J connectivity index is 0.718. The van der Waals surface area contributed by atoms with Crippen molar-refractivity contribution in [2.45, 2.75) is 77.4 Å². The van der Waals surface area contributed by atoms with E-state index in [1.807, 2.05) is 94.3 Å². The summed E-state index contributed by atoms with van der Waals surface area (Å²) in [5.74, 6) is 0.773. The minimum absolute atomic E-state index is 0.137. The third-order valence-electron chi connectivity index (χ3n) is 15.6. The lowest BCUT2D eigenvalue weighted by atomic mass is 9.71. The number of hydrogen-bond acceptors (Lipinski definition) is 9. The van der Waals surface area contributed by atoms with Gasteiger partial charge in [-0.15, -0.1) is 0 Å². The van der Waals surface area contributed by atoms with Crippen LogP contribution >= 0.6 is 23.2 Å². The summed E-state index contributed by atoms with van der Waals surface area (Å²) in [6.45, 7) is 18.1. The molecule has 13 nitrogen and oxygen atoms in total. The second kappa shape index (κ2) is 23.4. The first kappa shape index (κ1) is 55.4. The molecule has 1 saturated heterocycles. The number of benzene rings is 4. The maximum atomic E-state index is 15.5. The largest absolute Gasteiger partial charge is 0.493 e. The number of aromatic nitrogens is 4. The minimum Gasteiger partial charge on any atom is -0.493 e. The third-order valence-corrected chi connectivity index (χ3v) is 16.1. The van der Waals surface area contributed by atoms with E-state index >= 15 is 4.79 Å². The van der Waals surface area contributed by atoms with Crippen LogP contribution < -0.4 is 4.74 Å². The molecule has 1 aliphatic carbocycles. The molecule has 5 heterocycles. The summed E-state index contributed by atoms with van der Waals surface area (Å²) in [7, 11) is 0. The van der Waals surface area contributed by atoms with Crippen molar-refractivity contribution in [1.82, 2.24) is 34.0 Å². The molecule has 79 heavy (non-hydrogen) atoms. The average Bonchev–Trinajstić information content (AvgIpc) is 3.29. The lowest BCUT2D eigenvalue weighted by molar-refractivity contribution is 0.0300.